The normalized spacial score (nSPS) is 15.4. The highest BCUT2D eigenvalue weighted by molar-refractivity contribution is 5.43. The van der Waals surface area contributed by atoms with Gasteiger partial charge in [0.1, 0.15) is 12.7 Å². The maximum absolute atomic E-state index is 10.3. The lowest BCUT2D eigenvalue weighted by Gasteiger charge is -2.20. The highest BCUT2D eigenvalue weighted by atomic mass is 16.5. The molecule has 1 saturated heterocycles. The Balaban J connectivity index is 1.42. The van der Waals surface area contributed by atoms with Crippen molar-refractivity contribution >= 4 is 0 Å². The minimum atomic E-state index is -0.493. The monoisotopic (exact) mass is 399 g/mol. The van der Waals surface area contributed by atoms with Crippen molar-refractivity contribution in [1.29, 1.82) is 0 Å². The molecule has 2 aromatic rings. The highest BCUT2D eigenvalue weighted by Gasteiger charge is 2.17. The van der Waals surface area contributed by atoms with Crippen molar-refractivity contribution in [2.45, 2.75) is 38.3 Å². The number of methoxy groups -OCH3 is 1. The van der Waals surface area contributed by atoms with Gasteiger partial charge in [0.05, 0.1) is 7.11 Å². The van der Waals surface area contributed by atoms with E-state index in [1.165, 1.54) is 18.4 Å². The Morgan fingerprint density at radius 1 is 1.17 bits per heavy atom. The van der Waals surface area contributed by atoms with Crippen LogP contribution in [0.4, 0.5) is 0 Å². The van der Waals surface area contributed by atoms with Crippen LogP contribution in [0.5, 0.6) is 11.5 Å². The average Bonchev–Trinajstić information content (AvgIpc) is 3.26. The Hall–Kier alpha value is -2.15. The van der Waals surface area contributed by atoms with Crippen LogP contribution in [0.1, 0.15) is 30.4 Å². The molecule has 6 nitrogen and oxygen atoms in total. The molecule has 0 aliphatic carbocycles. The maximum Gasteiger partial charge on any atom is 0.161 e. The summed E-state index contributed by atoms with van der Waals surface area (Å²) in [7, 11) is 1.64. The van der Waals surface area contributed by atoms with Gasteiger partial charge in [-0.15, -0.1) is 0 Å². The SMILES string of the molecule is COc1ccc(CNCCCc2cccnc2)cc1OCC(O)CN1CCCC1. The van der Waals surface area contributed by atoms with Crippen LogP contribution in [0.15, 0.2) is 42.7 Å². The fraction of sp³-hybridized carbons (Fsp3) is 0.522. The van der Waals surface area contributed by atoms with Crippen molar-refractivity contribution < 1.29 is 14.6 Å². The summed E-state index contributed by atoms with van der Waals surface area (Å²) in [6.07, 6.45) is 7.76. The molecular formula is C23H33N3O3. The zero-order valence-electron chi connectivity index (χ0n) is 17.3. The first-order chi connectivity index (χ1) is 14.2. The second-order valence-corrected chi connectivity index (χ2v) is 7.60. The first-order valence-corrected chi connectivity index (χ1v) is 10.5. The van der Waals surface area contributed by atoms with Crippen molar-refractivity contribution in [3.05, 3.63) is 53.9 Å². The molecule has 2 N–H and O–H groups in total. The van der Waals surface area contributed by atoms with Crippen LogP contribution in [-0.2, 0) is 13.0 Å². The molecule has 1 aliphatic heterocycles. The summed E-state index contributed by atoms with van der Waals surface area (Å²) in [5.41, 5.74) is 2.40. The van der Waals surface area contributed by atoms with E-state index in [1.807, 2.05) is 30.5 Å². The molecule has 1 atom stereocenters. The van der Waals surface area contributed by atoms with Crippen LogP contribution in [-0.4, -0.2) is 61.0 Å². The number of nitrogens with one attached hydrogen (secondary N) is 1. The lowest BCUT2D eigenvalue weighted by molar-refractivity contribution is 0.0746. The zero-order chi connectivity index (χ0) is 20.3. The van der Waals surface area contributed by atoms with E-state index in [0.717, 1.165) is 44.6 Å². The van der Waals surface area contributed by atoms with Crippen LogP contribution < -0.4 is 14.8 Å². The Morgan fingerprint density at radius 3 is 2.79 bits per heavy atom. The number of benzene rings is 1. The third kappa shape index (κ3) is 7.31. The fourth-order valence-corrected chi connectivity index (χ4v) is 3.64. The van der Waals surface area contributed by atoms with Crippen LogP contribution in [0.3, 0.4) is 0 Å². The molecule has 3 rings (SSSR count). The molecule has 0 radical (unpaired) electrons. The van der Waals surface area contributed by atoms with Crippen molar-refractivity contribution in [2.75, 3.05) is 39.9 Å². The van der Waals surface area contributed by atoms with Crippen LogP contribution in [0, 0.1) is 0 Å². The molecule has 1 aromatic heterocycles. The largest absolute Gasteiger partial charge is 0.493 e. The molecule has 2 heterocycles. The number of β-amino-alcohol motifs (C(OH)–C–C–N with tert-alkyl or cyclic N) is 1. The Kier molecular flexibility index (Phi) is 8.74. The molecule has 1 aromatic carbocycles. The molecule has 0 bridgehead atoms. The van der Waals surface area contributed by atoms with Crippen molar-refractivity contribution in [2.24, 2.45) is 0 Å². The van der Waals surface area contributed by atoms with E-state index in [4.69, 9.17) is 9.47 Å². The summed E-state index contributed by atoms with van der Waals surface area (Å²) in [6.45, 7) is 4.79. The average molecular weight is 400 g/mol. The lowest BCUT2D eigenvalue weighted by Crippen LogP contribution is -2.33. The van der Waals surface area contributed by atoms with Gasteiger partial charge < -0.3 is 24.8 Å². The number of hydrogen-bond acceptors (Lipinski definition) is 6. The summed E-state index contributed by atoms with van der Waals surface area (Å²) in [5, 5.41) is 13.8. The van der Waals surface area contributed by atoms with Crippen molar-refractivity contribution in [3.63, 3.8) is 0 Å². The van der Waals surface area contributed by atoms with Gasteiger partial charge >= 0.3 is 0 Å². The minimum absolute atomic E-state index is 0.273. The molecule has 1 unspecified atom stereocenters. The fourth-order valence-electron chi connectivity index (χ4n) is 3.64. The van der Waals surface area contributed by atoms with Crippen molar-refractivity contribution in [3.8, 4) is 11.5 Å². The number of nitrogens with zero attached hydrogens (tertiary/aromatic N) is 2. The minimum Gasteiger partial charge on any atom is -0.493 e. The molecule has 0 amide bonds. The van der Waals surface area contributed by atoms with E-state index in [1.54, 1.807) is 13.3 Å². The van der Waals surface area contributed by atoms with E-state index in [2.05, 4.69) is 21.3 Å². The molecule has 0 spiro atoms. The van der Waals surface area contributed by atoms with E-state index >= 15 is 0 Å². The van der Waals surface area contributed by atoms with Gasteiger partial charge in [-0.25, -0.2) is 0 Å². The number of pyridine rings is 1. The van der Waals surface area contributed by atoms with E-state index in [9.17, 15) is 5.11 Å². The number of ether oxygens (including phenoxy) is 2. The topological polar surface area (TPSA) is 66.8 Å². The molecule has 1 aliphatic rings. The Morgan fingerprint density at radius 2 is 2.03 bits per heavy atom. The maximum atomic E-state index is 10.3. The Labute approximate surface area is 173 Å². The molecule has 29 heavy (non-hydrogen) atoms. The third-order valence-corrected chi connectivity index (χ3v) is 5.20. The van der Waals surface area contributed by atoms with Gasteiger partial charge in [-0.1, -0.05) is 12.1 Å². The van der Waals surface area contributed by atoms with Crippen molar-refractivity contribution in [1.82, 2.24) is 15.2 Å². The number of likely N-dealkylation sites (tertiary alicyclic amines) is 1. The van der Waals surface area contributed by atoms with Gasteiger partial charge in [-0.2, -0.15) is 0 Å². The standard InChI is InChI=1S/C23H33N3O3/c1-28-22-9-8-20(16-25-11-5-7-19-6-4-10-24-15-19)14-23(22)29-18-21(27)17-26-12-2-3-13-26/h4,6,8-10,14-15,21,25,27H,2-3,5,7,11-13,16-18H2,1H3. The predicted octanol–water partition coefficient (Wildman–Crippen LogP) is 2.65. The van der Waals surface area contributed by atoms with Crippen LogP contribution >= 0.6 is 0 Å². The molecular weight excluding hydrogens is 366 g/mol. The first kappa shape index (κ1) is 21.6. The number of aryl methyl sites for hydroxylation is 1. The first-order valence-electron chi connectivity index (χ1n) is 10.5. The molecule has 0 saturated carbocycles. The third-order valence-electron chi connectivity index (χ3n) is 5.20. The summed E-state index contributed by atoms with van der Waals surface area (Å²) < 4.78 is 11.3. The van der Waals surface area contributed by atoms with Gasteiger partial charge in [-0.3, -0.25) is 4.98 Å². The lowest BCUT2D eigenvalue weighted by atomic mass is 10.1. The van der Waals surface area contributed by atoms with E-state index in [0.29, 0.717) is 18.0 Å². The molecule has 6 heteroatoms. The van der Waals surface area contributed by atoms with Crippen LogP contribution in [0.2, 0.25) is 0 Å². The predicted molar refractivity (Wildman–Crippen MR) is 114 cm³/mol. The van der Waals surface area contributed by atoms with E-state index < -0.39 is 6.10 Å². The van der Waals surface area contributed by atoms with Gasteiger partial charge in [0.2, 0.25) is 0 Å². The Bertz CT molecular complexity index is 721. The highest BCUT2D eigenvalue weighted by Crippen LogP contribution is 2.28. The second kappa shape index (κ2) is 11.8. The quantitative estimate of drug-likeness (QED) is 0.535. The number of aliphatic hydroxyl groups excluding tert-OH is 1. The zero-order valence-corrected chi connectivity index (χ0v) is 17.3. The van der Waals surface area contributed by atoms with E-state index in [-0.39, 0.29) is 6.61 Å². The summed E-state index contributed by atoms with van der Waals surface area (Å²) in [6, 6.07) is 10.0. The number of hydrogen-bond donors (Lipinski definition) is 2. The van der Waals surface area contributed by atoms with Gasteiger partial charge in [-0.05, 0) is 74.6 Å². The molecule has 1 fully saturated rings. The molecule has 158 valence electrons. The smallest absolute Gasteiger partial charge is 0.161 e. The number of aliphatic hydroxyl groups is 1. The van der Waals surface area contributed by atoms with Gasteiger partial charge in [0, 0.05) is 25.5 Å². The summed E-state index contributed by atoms with van der Waals surface area (Å²) in [4.78, 5) is 6.44. The van der Waals surface area contributed by atoms with Crippen LogP contribution in [0.25, 0.3) is 0 Å². The second-order valence-electron chi connectivity index (χ2n) is 7.60. The van der Waals surface area contributed by atoms with Gasteiger partial charge in [0.15, 0.2) is 11.5 Å². The van der Waals surface area contributed by atoms with Gasteiger partial charge in [0.25, 0.3) is 0 Å². The number of aromatic nitrogens is 1. The number of rotatable bonds is 12. The summed E-state index contributed by atoms with van der Waals surface area (Å²) in [5.74, 6) is 1.38. The summed E-state index contributed by atoms with van der Waals surface area (Å²) >= 11 is 0.